The lowest BCUT2D eigenvalue weighted by Gasteiger charge is -2.15. The number of hydrogen-bond acceptors (Lipinski definition) is 6. The summed E-state index contributed by atoms with van der Waals surface area (Å²) >= 11 is 0. The summed E-state index contributed by atoms with van der Waals surface area (Å²) in [5.41, 5.74) is 3.27. The Bertz CT molecular complexity index is 1530. The van der Waals surface area contributed by atoms with E-state index < -0.39 is 11.2 Å². The molecule has 3 heterocycles. The Morgan fingerprint density at radius 2 is 1.88 bits per heavy atom. The van der Waals surface area contributed by atoms with Gasteiger partial charge in [0.25, 0.3) is 5.56 Å². The van der Waals surface area contributed by atoms with Crippen LogP contribution >= 0.6 is 0 Å². The molecule has 0 unspecified atom stereocenters. The van der Waals surface area contributed by atoms with E-state index in [1.807, 2.05) is 24.3 Å². The van der Waals surface area contributed by atoms with Crippen LogP contribution in [0, 0.1) is 0 Å². The number of carbonyl (C=O) groups is 1. The molecule has 0 fully saturated rings. The summed E-state index contributed by atoms with van der Waals surface area (Å²) < 4.78 is 9.80. The largest absolute Gasteiger partial charge is 0.462 e. The molecule has 0 atom stereocenters. The summed E-state index contributed by atoms with van der Waals surface area (Å²) in [5.74, 6) is -0.376. The molecule has 0 spiro atoms. The Morgan fingerprint density at radius 1 is 1.09 bits per heavy atom. The monoisotopic (exact) mass is 461 g/mol. The molecule has 0 radical (unpaired) electrons. The molecule has 9 heteroatoms. The maximum Gasteiger partial charge on any atom is 0.339 e. The van der Waals surface area contributed by atoms with Crippen LogP contribution < -0.4 is 11.2 Å². The number of para-hydroxylation sites is 1. The fourth-order valence-corrected chi connectivity index (χ4v) is 4.84. The Hall–Kier alpha value is -3.75. The van der Waals surface area contributed by atoms with E-state index in [-0.39, 0.29) is 19.1 Å². The molecule has 176 valence electrons. The van der Waals surface area contributed by atoms with Crippen LogP contribution in [0.1, 0.15) is 47.3 Å². The third-order valence-electron chi connectivity index (χ3n) is 6.58. The zero-order valence-electron chi connectivity index (χ0n) is 19.4. The summed E-state index contributed by atoms with van der Waals surface area (Å²) in [6, 6.07) is 7.66. The van der Waals surface area contributed by atoms with Crippen LogP contribution in [0.15, 0.2) is 40.2 Å². The highest BCUT2D eigenvalue weighted by molar-refractivity contribution is 6.05. The maximum atomic E-state index is 13.2. The SMILES string of the molecule is Cn1cnc2c1c(=O)n(CCCOC(=O)c1c3c(nc4ccccc14)CCCCC3)c(=O)n2C. The molecule has 0 N–H and O–H groups in total. The van der Waals surface area contributed by atoms with Crippen LogP contribution in [0.4, 0.5) is 0 Å². The van der Waals surface area contributed by atoms with E-state index in [0.29, 0.717) is 23.1 Å². The van der Waals surface area contributed by atoms with Gasteiger partial charge in [0.1, 0.15) is 0 Å². The quantitative estimate of drug-likeness (QED) is 0.257. The number of ether oxygens (including phenoxy) is 1. The van der Waals surface area contributed by atoms with E-state index >= 15 is 0 Å². The van der Waals surface area contributed by atoms with Gasteiger partial charge in [-0.25, -0.2) is 14.6 Å². The van der Waals surface area contributed by atoms with E-state index in [0.717, 1.165) is 54.3 Å². The molecule has 34 heavy (non-hydrogen) atoms. The number of aryl methyl sites for hydroxylation is 3. The molecule has 1 aliphatic rings. The van der Waals surface area contributed by atoms with Gasteiger partial charge >= 0.3 is 11.7 Å². The van der Waals surface area contributed by atoms with Crippen LogP contribution in [0.2, 0.25) is 0 Å². The summed E-state index contributed by atoms with van der Waals surface area (Å²) in [6.07, 6.45) is 6.74. The van der Waals surface area contributed by atoms with Crippen LogP contribution in [0.3, 0.4) is 0 Å². The second kappa shape index (κ2) is 8.89. The zero-order valence-corrected chi connectivity index (χ0v) is 19.4. The van der Waals surface area contributed by atoms with Gasteiger partial charge in [-0.3, -0.25) is 18.9 Å². The van der Waals surface area contributed by atoms with E-state index in [2.05, 4.69) is 4.98 Å². The van der Waals surface area contributed by atoms with Crippen molar-refractivity contribution >= 4 is 28.0 Å². The Morgan fingerprint density at radius 3 is 2.74 bits per heavy atom. The molecule has 1 aromatic carbocycles. The van der Waals surface area contributed by atoms with Gasteiger partial charge in [0.15, 0.2) is 11.2 Å². The maximum absolute atomic E-state index is 13.2. The van der Waals surface area contributed by atoms with Gasteiger partial charge in [-0.05, 0) is 43.7 Å². The molecule has 0 amide bonds. The van der Waals surface area contributed by atoms with Gasteiger partial charge in [0.05, 0.1) is 24.0 Å². The van der Waals surface area contributed by atoms with Crippen molar-refractivity contribution in [3.8, 4) is 0 Å². The Labute approximate surface area is 195 Å². The highest BCUT2D eigenvalue weighted by atomic mass is 16.5. The smallest absolute Gasteiger partial charge is 0.339 e. The van der Waals surface area contributed by atoms with Crippen molar-refractivity contribution in [3.63, 3.8) is 0 Å². The van der Waals surface area contributed by atoms with Crippen LogP contribution in [-0.4, -0.2) is 36.2 Å². The normalized spacial score (nSPS) is 13.7. The predicted octanol–water partition coefficient (Wildman–Crippen LogP) is 2.50. The molecule has 9 nitrogen and oxygen atoms in total. The summed E-state index contributed by atoms with van der Waals surface area (Å²) in [6.45, 7) is 0.248. The van der Waals surface area contributed by atoms with Crippen molar-refractivity contribution in [2.45, 2.75) is 45.1 Å². The first kappa shape index (κ1) is 22.1. The van der Waals surface area contributed by atoms with Crippen LogP contribution in [0.25, 0.3) is 22.1 Å². The van der Waals surface area contributed by atoms with Gasteiger partial charge in [-0.15, -0.1) is 0 Å². The standard InChI is InChI=1S/C25H27N5O4/c1-28-15-26-22-21(28)23(31)30(25(33)29(22)2)13-8-14-34-24(32)20-16-9-4-3-5-11-18(16)27-19-12-7-6-10-17(19)20/h6-7,10,12,15H,3-5,8-9,11,13-14H2,1-2H3. The van der Waals surface area contributed by atoms with Gasteiger partial charge < -0.3 is 9.30 Å². The summed E-state index contributed by atoms with van der Waals surface area (Å²) in [7, 11) is 3.31. The van der Waals surface area contributed by atoms with Gasteiger partial charge in [0, 0.05) is 31.7 Å². The number of fused-ring (bicyclic) bond motifs is 3. The van der Waals surface area contributed by atoms with E-state index in [4.69, 9.17) is 9.72 Å². The highest BCUT2D eigenvalue weighted by Crippen LogP contribution is 2.29. The Balaban J connectivity index is 1.37. The van der Waals surface area contributed by atoms with Crippen molar-refractivity contribution < 1.29 is 9.53 Å². The lowest BCUT2D eigenvalue weighted by Crippen LogP contribution is -2.39. The fourth-order valence-electron chi connectivity index (χ4n) is 4.84. The fraction of sp³-hybridized carbons (Fsp3) is 0.400. The highest BCUT2D eigenvalue weighted by Gasteiger charge is 2.23. The number of aromatic nitrogens is 5. The Kier molecular flexibility index (Phi) is 5.77. The van der Waals surface area contributed by atoms with Crippen molar-refractivity contribution in [1.29, 1.82) is 0 Å². The number of rotatable bonds is 5. The predicted molar refractivity (Wildman–Crippen MR) is 128 cm³/mol. The number of hydrogen-bond donors (Lipinski definition) is 0. The molecule has 1 aliphatic carbocycles. The average molecular weight is 462 g/mol. The van der Waals surface area contributed by atoms with E-state index in [1.54, 1.807) is 18.7 Å². The molecular weight excluding hydrogens is 434 g/mol. The second-order valence-electron chi connectivity index (χ2n) is 8.81. The minimum Gasteiger partial charge on any atom is -0.462 e. The van der Waals surface area contributed by atoms with Crippen molar-refractivity contribution in [2.24, 2.45) is 14.1 Å². The first-order valence-corrected chi connectivity index (χ1v) is 11.7. The van der Waals surface area contributed by atoms with Crippen molar-refractivity contribution in [1.82, 2.24) is 23.7 Å². The minimum atomic E-state index is -0.437. The number of benzene rings is 1. The number of imidazole rings is 1. The molecule has 3 aromatic heterocycles. The van der Waals surface area contributed by atoms with E-state index in [1.165, 1.54) is 15.5 Å². The third-order valence-corrected chi connectivity index (χ3v) is 6.58. The number of esters is 1. The summed E-state index contributed by atoms with van der Waals surface area (Å²) in [4.78, 5) is 47.7. The van der Waals surface area contributed by atoms with Gasteiger partial charge in [0.2, 0.25) is 0 Å². The molecule has 4 aromatic rings. The molecule has 0 aliphatic heterocycles. The zero-order chi connectivity index (χ0) is 23.8. The topological polar surface area (TPSA) is 101 Å². The van der Waals surface area contributed by atoms with Crippen molar-refractivity contribution in [3.05, 3.63) is 68.3 Å². The number of carbonyl (C=O) groups excluding carboxylic acids is 1. The summed E-state index contributed by atoms with van der Waals surface area (Å²) in [5, 5.41) is 0.805. The van der Waals surface area contributed by atoms with Crippen LogP contribution in [0.5, 0.6) is 0 Å². The molecule has 5 rings (SSSR count). The van der Waals surface area contributed by atoms with Gasteiger partial charge in [-0.1, -0.05) is 24.6 Å². The lowest BCUT2D eigenvalue weighted by atomic mass is 9.97. The molecule has 0 saturated carbocycles. The first-order valence-electron chi connectivity index (χ1n) is 11.7. The minimum absolute atomic E-state index is 0.100. The first-order chi connectivity index (χ1) is 16.5. The molecule has 0 bridgehead atoms. The second-order valence-corrected chi connectivity index (χ2v) is 8.81. The van der Waals surface area contributed by atoms with Crippen molar-refractivity contribution in [2.75, 3.05) is 6.61 Å². The average Bonchev–Trinajstić information content (AvgIpc) is 3.07. The van der Waals surface area contributed by atoms with E-state index in [9.17, 15) is 14.4 Å². The molecule has 0 saturated heterocycles. The third kappa shape index (κ3) is 3.70. The van der Waals surface area contributed by atoms with Gasteiger partial charge in [-0.2, -0.15) is 0 Å². The lowest BCUT2D eigenvalue weighted by molar-refractivity contribution is 0.0496. The van der Waals surface area contributed by atoms with Crippen LogP contribution in [-0.2, 0) is 38.2 Å². The number of nitrogens with zero attached hydrogens (tertiary/aromatic N) is 5. The number of pyridine rings is 1. The molecular formula is C25H27N5O4.